The van der Waals surface area contributed by atoms with Crippen LogP contribution < -0.4 is 10.6 Å². The van der Waals surface area contributed by atoms with Crippen LogP contribution in [0.3, 0.4) is 0 Å². The zero-order valence-corrected chi connectivity index (χ0v) is 13.0. The first kappa shape index (κ1) is 14.7. The van der Waals surface area contributed by atoms with Crippen molar-refractivity contribution in [3.8, 4) is 0 Å². The van der Waals surface area contributed by atoms with Gasteiger partial charge in [0.1, 0.15) is 11.0 Å². The smallest absolute Gasteiger partial charge is 0.257 e. The van der Waals surface area contributed by atoms with Gasteiger partial charge in [-0.3, -0.25) is 10.1 Å². The predicted octanol–water partition coefficient (Wildman–Crippen LogP) is 3.36. The molecule has 1 amide bonds. The molecule has 20 heavy (non-hydrogen) atoms. The number of pyridine rings is 1. The fourth-order valence-electron chi connectivity index (χ4n) is 1.73. The topological polar surface area (TPSA) is 66.9 Å². The molecule has 2 rings (SSSR count). The van der Waals surface area contributed by atoms with E-state index in [1.807, 2.05) is 13.8 Å². The maximum Gasteiger partial charge on any atom is 0.257 e. The third kappa shape index (κ3) is 3.26. The van der Waals surface area contributed by atoms with Crippen LogP contribution in [-0.4, -0.2) is 22.9 Å². The number of amides is 1. The number of aryl methyl sites for hydroxylation is 2. The lowest BCUT2D eigenvalue weighted by atomic mass is 10.2. The standard InChI is InChI=1S/C13H15ClN4OS/c1-4-9-7(2)20-13(16-9)18-12(19)8-5-10(14)17-11(6-8)15-3/h5-6H,4H2,1-3H3,(H,15,17)(H,16,18,19). The summed E-state index contributed by atoms with van der Waals surface area (Å²) in [4.78, 5) is 21.7. The van der Waals surface area contributed by atoms with Crippen LogP contribution in [0.15, 0.2) is 12.1 Å². The van der Waals surface area contributed by atoms with Gasteiger partial charge in [0.05, 0.1) is 5.69 Å². The number of aromatic nitrogens is 2. The van der Waals surface area contributed by atoms with Crippen LogP contribution >= 0.6 is 22.9 Å². The summed E-state index contributed by atoms with van der Waals surface area (Å²) in [6.07, 6.45) is 0.850. The Morgan fingerprint density at radius 1 is 1.40 bits per heavy atom. The van der Waals surface area contributed by atoms with Crippen molar-refractivity contribution in [1.82, 2.24) is 9.97 Å². The molecule has 106 valence electrons. The number of hydrogen-bond donors (Lipinski definition) is 2. The lowest BCUT2D eigenvalue weighted by Gasteiger charge is -2.05. The predicted molar refractivity (Wildman–Crippen MR) is 83.0 cm³/mol. The Bertz CT molecular complexity index is 641. The third-order valence-corrected chi connectivity index (χ3v) is 3.88. The zero-order valence-electron chi connectivity index (χ0n) is 11.5. The molecule has 2 aromatic heterocycles. The molecule has 5 nitrogen and oxygen atoms in total. The minimum atomic E-state index is -0.248. The van der Waals surface area contributed by atoms with Gasteiger partial charge >= 0.3 is 0 Å². The van der Waals surface area contributed by atoms with Gasteiger partial charge in [-0.25, -0.2) is 9.97 Å². The number of halogens is 1. The van der Waals surface area contributed by atoms with E-state index in [2.05, 4.69) is 20.6 Å². The molecular formula is C13H15ClN4OS. The molecule has 0 aromatic carbocycles. The molecule has 2 heterocycles. The molecule has 2 aromatic rings. The van der Waals surface area contributed by atoms with Crippen LogP contribution in [0.2, 0.25) is 5.15 Å². The molecule has 0 fully saturated rings. The van der Waals surface area contributed by atoms with Gasteiger partial charge in [0.15, 0.2) is 5.13 Å². The van der Waals surface area contributed by atoms with Gasteiger partial charge in [0, 0.05) is 17.5 Å². The van der Waals surface area contributed by atoms with E-state index in [0.29, 0.717) is 16.5 Å². The Hall–Kier alpha value is -1.66. The van der Waals surface area contributed by atoms with Crippen LogP contribution in [-0.2, 0) is 6.42 Å². The fraction of sp³-hybridized carbons (Fsp3) is 0.308. The molecule has 0 aliphatic heterocycles. The van der Waals surface area contributed by atoms with Gasteiger partial charge < -0.3 is 5.32 Å². The molecule has 0 saturated heterocycles. The second-order valence-electron chi connectivity index (χ2n) is 4.14. The number of anilines is 2. The number of thiazole rings is 1. The molecule has 0 unspecified atom stereocenters. The number of rotatable bonds is 4. The minimum Gasteiger partial charge on any atom is -0.373 e. The minimum absolute atomic E-state index is 0.248. The molecule has 0 aliphatic carbocycles. The van der Waals surface area contributed by atoms with Gasteiger partial charge in [0.2, 0.25) is 0 Å². The SMILES string of the molecule is CCc1nc(NC(=O)c2cc(Cl)nc(NC)c2)sc1C. The van der Waals surface area contributed by atoms with Gasteiger partial charge in [-0.1, -0.05) is 18.5 Å². The summed E-state index contributed by atoms with van der Waals surface area (Å²) in [5.74, 6) is 0.300. The van der Waals surface area contributed by atoms with Gasteiger partial charge in [-0.2, -0.15) is 0 Å². The number of nitrogens with zero attached hydrogens (tertiary/aromatic N) is 2. The third-order valence-electron chi connectivity index (χ3n) is 2.76. The number of carbonyl (C=O) groups is 1. The Morgan fingerprint density at radius 2 is 2.15 bits per heavy atom. The molecule has 0 saturated carbocycles. The van der Waals surface area contributed by atoms with Crippen molar-refractivity contribution >= 4 is 39.8 Å². The maximum absolute atomic E-state index is 12.2. The monoisotopic (exact) mass is 310 g/mol. The summed E-state index contributed by atoms with van der Waals surface area (Å²) in [5, 5.41) is 6.52. The first-order valence-electron chi connectivity index (χ1n) is 6.16. The van der Waals surface area contributed by atoms with E-state index < -0.39 is 0 Å². The second-order valence-corrected chi connectivity index (χ2v) is 5.73. The van der Waals surface area contributed by atoms with Crippen molar-refractivity contribution in [3.05, 3.63) is 33.4 Å². The Balaban J connectivity index is 2.21. The van der Waals surface area contributed by atoms with Crippen LogP contribution in [0.1, 0.15) is 27.9 Å². The van der Waals surface area contributed by atoms with Crippen LogP contribution in [0, 0.1) is 6.92 Å². The van der Waals surface area contributed by atoms with Crippen molar-refractivity contribution in [3.63, 3.8) is 0 Å². The number of hydrogen-bond acceptors (Lipinski definition) is 5. The first-order chi connectivity index (χ1) is 9.53. The first-order valence-corrected chi connectivity index (χ1v) is 7.36. The van der Waals surface area contributed by atoms with Crippen molar-refractivity contribution in [2.75, 3.05) is 17.7 Å². The second kappa shape index (κ2) is 6.19. The molecule has 0 atom stereocenters. The van der Waals surface area contributed by atoms with Crippen molar-refractivity contribution in [1.29, 1.82) is 0 Å². The maximum atomic E-state index is 12.2. The highest BCUT2D eigenvalue weighted by atomic mass is 35.5. The number of carbonyl (C=O) groups excluding carboxylic acids is 1. The molecule has 2 N–H and O–H groups in total. The highest BCUT2D eigenvalue weighted by Gasteiger charge is 2.12. The molecular weight excluding hydrogens is 296 g/mol. The zero-order chi connectivity index (χ0) is 14.7. The average Bonchev–Trinajstić information content (AvgIpc) is 2.77. The van der Waals surface area contributed by atoms with Gasteiger partial charge in [-0.05, 0) is 25.5 Å². The largest absolute Gasteiger partial charge is 0.373 e. The number of nitrogens with one attached hydrogen (secondary N) is 2. The fourth-order valence-corrected chi connectivity index (χ4v) is 2.84. The lowest BCUT2D eigenvalue weighted by molar-refractivity contribution is 0.102. The van der Waals surface area contributed by atoms with Crippen LogP contribution in [0.5, 0.6) is 0 Å². The summed E-state index contributed by atoms with van der Waals surface area (Å²) < 4.78 is 0. The molecule has 0 aliphatic rings. The van der Waals surface area contributed by atoms with E-state index in [9.17, 15) is 4.79 Å². The highest BCUT2D eigenvalue weighted by Crippen LogP contribution is 2.23. The van der Waals surface area contributed by atoms with Crippen LogP contribution in [0.4, 0.5) is 10.9 Å². The summed E-state index contributed by atoms with van der Waals surface area (Å²) in [5.41, 5.74) is 1.45. The summed E-state index contributed by atoms with van der Waals surface area (Å²) >= 11 is 7.35. The Labute approximate surface area is 126 Å². The van der Waals surface area contributed by atoms with E-state index in [0.717, 1.165) is 17.0 Å². The van der Waals surface area contributed by atoms with E-state index in [-0.39, 0.29) is 11.1 Å². The van der Waals surface area contributed by atoms with E-state index in [1.165, 1.54) is 17.4 Å². The molecule has 0 bridgehead atoms. The van der Waals surface area contributed by atoms with Gasteiger partial charge in [-0.15, -0.1) is 11.3 Å². The summed E-state index contributed by atoms with van der Waals surface area (Å²) in [6, 6.07) is 3.17. The van der Waals surface area contributed by atoms with E-state index >= 15 is 0 Å². The highest BCUT2D eigenvalue weighted by molar-refractivity contribution is 7.15. The lowest BCUT2D eigenvalue weighted by Crippen LogP contribution is -2.12. The molecule has 0 radical (unpaired) electrons. The Morgan fingerprint density at radius 3 is 2.75 bits per heavy atom. The quantitative estimate of drug-likeness (QED) is 0.850. The van der Waals surface area contributed by atoms with E-state index in [4.69, 9.17) is 11.6 Å². The van der Waals surface area contributed by atoms with Crippen LogP contribution in [0.25, 0.3) is 0 Å². The molecule has 7 heteroatoms. The van der Waals surface area contributed by atoms with Crippen molar-refractivity contribution < 1.29 is 4.79 Å². The van der Waals surface area contributed by atoms with Gasteiger partial charge in [0.25, 0.3) is 5.91 Å². The summed E-state index contributed by atoms with van der Waals surface area (Å²) in [6.45, 7) is 4.03. The van der Waals surface area contributed by atoms with Crippen molar-refractivity contribution in [2.24, 2.45) is 0 Å². The summed E-state index contributed by atoms with van der Waals surface area (Å²) in [7, 11) is 1.72. The normalized spacial score (nSPS) is 10.4. The average molecular weight is 311 g/mol. The molecule has 0 spiro atoms. The van der Waals surface area contributed by atoms with E-state index in [1.54, 1.807) is 13.1 Å². The van der Waals surface area contributed by atoms with Crippen molar-refractivity contribution in [2.45, 2.75) is 20.3 Å². The Kier molecular flexibility index (Phi) is 4.57.